The summed E-state index contributed by atoms with van der Waals surface area (Å²) in [5, 5.41) is 15.8. The summed E-state index contributed by atoms with van der Waals surface area (Å²) in [6, 6.07) is 7.05. The molecule has 6 heteroatoms. The summed E-state index contributed by atoms with van der Waals surface area (Å²) in [6.45, 7) is 0.962. The van der Waals surface area contributed by atoms with E-state index in [4.69, 9.17) is 11.6 Å². The normalized spacial score (nSPS) is 22.3. The number of carbonyl (C=O) groups excluding carboxylic acids is 1. The topological polar surface area (TPSA) is 61.4 Å². The number of hydrogen-bond acceptors (Lipinski definition) is 3. The maximum atomic E-state index is 11.7. The number of nitrogens with one attached hydrogen (secondary N) is 2. The van der Waals surface area contributed by atoms with Gasteiger partial charge in [0.1, 0.15) is 0 Å². The fourth-order valence-electron chi connectivity index (χ4n) is 1.83. The first-order valence-corrected chi connectivity index (χ1v) is 5.96. The number of rotatable bonds is 3. The molecule has 1 heterocycles. The molecule has 0 bridgehead atoms. The lowest BCUT2D eigenvalue weighted by Gasteiger charge is -2.10. The Balaban J connectivity index is 0.00000162. The third-order valence-electron chi connectivity index (χ3n) is 2.80. The Bertz CT molecular complexity index is 398. The van der Waals surface area contributed by atoms with E-state index in [0.717, 1.165) is 5.56 Å². The number of aliphatic hydroxyl groups is 1. The van der Waals surface area contributed by atoms with Crippen LogP contribution in [0.2, 0.25) is 5.02 Å². The number of benzene rings is 1. The smallest absolute Gasteiger partial charge is 0.237 e. The number of halogens is 2. The third kappa shape index (κ3) is 4.14. The summed E-state index contributed by atoms with van der Waals surface area (Å²) in [6.07, 6.45) is 0.0631. The van der Waals surface area contributed by atoms with Crippen LogP contribution in [0.1, 0.15) is 12.0 Å². The molecule has 1 saturated heterocycles. The molecule has 3 N–H and O–H groups in total. The first kappa shape index (κ1) is 15.2. The van der Waals surface area contributed by atoms with Crippen molar-refractivity contribution in [3.8, 4) is 0 Å². The zero-order valence-electron chi connectivity index (χ0n) is 9.73. The Morgan fingerprint density at radius 2 is 2.11 bits per heavy atom. The van der Waals surface area contributed by atoms with Crippen LogP contribution in [0.3, 0.4) is 0 Å². The molecule has 0 radical (unpaired) electrons. The fraction of sp³-hybridized carbons (Fsp3) is 0.417. The van der Waals surface area contributed by atoms with Crippen molar-refractivity contribution in [1.29, 1.82) is 0 Å². The lowest BCUT2D eigenvalue weighted by Crippen LogP contribution is -2.39. The molecule has 1 amide bonds. The number of hydrogen-bond donors (Lipinski definition) is 3. The van der Waals surface area contributed by atoms with Crippen LogP contribution in [0.4, 0.5) is 0 Å². The van der Waals surface area contributed by atoms with Crippen LogP contribution in [0.5, 0.6) is 0 Å². The van der Waals surface area contributed by atoms with E-state index >= 15 is 0 Å². The Morgan fingerprint density at radius 3 is 2.67 bits per heavy atom. The second-order valence-corrected chi connectivity index (χ2v) is 4.63. The Kier molecular flexibility index (Phi) is 5.88. The summed E-state index contributed by atoms with van der Waals surface area (Å²) in [4.78, 5) is 11.7. The molecule has 0 aromatic heterocycles. The van der Waals surface area contributed by atoms with Crippen LogP contribution < -0.4 is 10.6 Å². The average molecular weight is 291 g/mol. The molecule has 100 valence electrons. The lowest BCUT2D eigenvalue weighted by molar-refractivity contribution is -0.123. The van der Waals surface area contributed by atoms with E-state index in [1.807, 2.05) is 12.1 Å². The van der Waals surface area contributed by atoms with Gasteiger partial charge in [0.2, 0.25) is 5.91 Å². The van der Waals surface area contributed by atoms with E-state index in [0.29, 0.717) is 24.5 Å². The van der Waals surface area contributed by atoms with Gasteiger partial charge >= 0.3 is 0 Å². The van der Waals surface area contributed by atoms with E-state index in [9.17, 15) is 9.90 Å². The van der Waals surface area contributed by atoms with Gasteiger partial charge in [-0.05, 0) is 24.1 Å². The molecule has 2 unspecified atom stereocenters. The highest BCUT2D eigenvalue weighted by molar-refractivity contribution is 6.30. The summed E-state index contributed by atoms with van der Waals surface area (Å²) >= 11 is 5.77. The van der Waals surface area contributed by atoms with Crippen LogP contribution in [-0.2, 0) is 11.3 Å². The van der Waals surface area contributed by atoms with Gasteiger partial charge in [-0.2, -0.15) is 0 Å². The third-order valence-corrected chi connectivity index (χ3v) is 3.06. The maximum absolute atomic E-state index is 11.7. The largest absolute Gasteiger partial charge is 0.392 e. The highest BCUT2D eigenvalue weighted by Gasteiger charge is 2.27. The second-order valence-electron chi connectivity index (χ2n) is 4.19. The number of aliphatic hydroxyl groups excluding tert-OH is 1. The van der Waals surface area contributed by atoms with E-state index in [1.165, 1.54) is 0 Å². The quantitative estimate of drug-likeness (QED) is 0.781. The first-order chi connectivity index (χ1) is 8.15. The van der Waals surface area contributed by atoms with Crippen LogP contribution >= 0.6 is 24.0 Å². The summed E-state index contributed by atoms with van der Waals surface area (Å²) in [7, 11) is 0. The van der Waals surface area contributed by atoms with Crippen LogP contribution in [-0.4, -0.2) is 29.7 Å². The van der Waals surface area contributed by atoms with Crippen molar-refractivity contribution in [2.45, 2.75) is 25.1 Å². The summed E-state index contributed by atoms with van der Waals surface area (Å²) < 4.78 is 0. The standard InChI is InChI=1S/C12H15ClN2O2.ClH/c13-9-3-1-8(2-4-9)6-15-12(17)11-5-10(16)7-14-11;/h1-4,10-11,14,16H,5-7H2,(H,15,17);1H. The Hall–Kier alpha value is -0.810. The lowest BCUT2D eigenvalue weighted by atomic mass is 10.2. The molecule has 0 spiro atoms. The highest BCUT2D eigenvalue weighted by Crippen LogP contribution is 2.10. The van der Waals surface area contributed by atoms with Crippen molar-refractivity contribution in [2.24, 2.45) is 0 Å². The second kappa shape index (κ2) is 6.95. The average Bonchev–Trinajstić information content (AvgIpc) is 2.75. The Labute approximate surface area is 117 Å². The molecule has 1 aliphatic rings. The van der Waals surface area contributed by atoms with E-state index < -0.39 is 6.10 Å². The minimum absolute atomic E-state index is 0. The van der Waals surface area contributed by atoms with Gasteiger partial charge in [-0.25, -0.2) is 0 Å². The summed E-state index contributed by atoms with van der Waals surface area (Å²) in [5.41, 5.74) is 1.00. The molecule has 1 fully saturated rings. The van der Waals surface area contributed by atoms with Crippen LogP contribution in [0, 0.1) is 0 Å². The van der Waals surface area contributed by atoms with Gasteiger partial charge in [0.05, 0.1) is 12.1 Å². The molecular weight excluding hydrogens is 275 g/mol. The van der Waals surface area contributed by atoms with E-state index in [-0.39, 0.29) is 24.4 Å². The molecule has 4 nitrogen and oxygen atoms in total. The minimum atomic E-state index is -0.415. The SMILES string of the molecule is Cl.O=C(NCc1ccc(Cl)cc1)C1CC(O)CN1. The minimum Gasteiger partial charge on any atom is -0.392 e. The van der Waals surface area contributed by atoms with Crippen molar-refractivity contribution in [1.82, 2.24) is 10.6 Å². The maximum Gasteiger partial charge on any atom is 0.237 e. The molecule has 2 rings (SSSR count). The molecular formula is C12H16Cl2N2O2. The van der Waals surface area contributed by atoms with Gasteiger partial charge in [0, 0.05) is 18.1 Å². The van der Waals surface area contributed by atoms with E-state index in [2.05, 4.69) is 10.6 Å². The highest BCUT2D eigenvalue weighted by atomic mass is 35.5. The van der Waals surface area contributed by atoms with Gasteiger partial charge in [-0.15, -0.1) is 12.4 Å². The van der Waals surface area contributed by atoms with Gasteiger partial charge in [0.25, 0.3) is 0 Å². The molecule has 1 aliphatic heterocycles. The zero-order chi connectivity index (χ0) is 12.3. The monoisotopic (exact) mass is 290 g/mol. The molecule has 2 atom stereocenters. The van der Waals surface area contributed by atoms with Gasteiger partial charge in [0.15, 0.2) is 0 Å². The van der Waals surface area contributed by atoms with Crippen molar-refractivity contribution in [3.05, 3.63) is 34.9 Å². The van der Waals surface area contributed by atoms with Crippen LogP contribution in [0.25, 0.3) is 0 Å². The van der Waals surface area contributed by atoms with Crippen LogP contribution in [0.15, 0.2) is 24.3 Å². The number of β-amino-alcohol motifs (C(OH)–C–C–N with tert-alkyl or cyclic N) is 1. The zero-order valence-corrected chi connectivity index (χ0v) is 11.3. The Morgan fingerprint density at radius 1 is 1.44 bits per heavy atom. The molecule has 0 aliphatic carbocycles. The molecule has 18 heavy (non-hydrogen) atoms. The molecule has 1 aromatic carbocycles. The van der Waals surface area contributed by atoms with Crippen molar-refractivity contribution < 1.29 is 9.90 Å². The number of amides is 1. The van der Waals surface area contributed by atoms with Crippen molar-refractivity contribution in [2.75, 3.05) is 6.54 Å². The number of carbonyl (C=O) groups is 1. The fourth-order valence-corrected chi connectivity index (χ4v) is 1.96. The molecule has 1 aromatic rings. The van der Waals surface area contributed by atoms with E-state index in [1.54, 1.807) is 12.1 Å². The van der Waals surface area contributed by atoms with Crippen molar-refractivity contribution >= 4 is 29.9 Å². The van der Waals surface area contributed by atoms with Gasteiger partial charge in [-0.1, -0.05) is 23.7 Å². The van der Waals surface area contributed by atoms with Crippen molar-refractivity contribution in [3.63, 3.8) is 0 Å². The van der Waals surface area contributed by atoms with Gasteiger partial charge < -0.3 is 15.7 Å². The summed E-state index contributed by atoms with van der Waals surface area (Å²) in [5.74, 6) is -0.0727. The molecule has 0 saturated carbocycles. The predicted molar refractivity (Wildman–Crippen MR) is 73.0 cm³/mol. The predicted octanol–water partition coefficient (Wildman–Crippen LogP) is 1.10. The first-order valence-electron chi connectivity index (χ1n) is 5.59. The van der Waals surface area contributed by atoms with Gasteiger partial charge in [-0.3, -0.25) is 4.79 Å².